The van der Waals surface area contributed by atoms with Crippen molar-refractivity contribution in [2.45, 2.75) is 57.4 Å². The highest BCUT2D eigenvalue weighted by molar-refractivity contribution is 4.95. The van der Waals surface area contributed by atoms with Crippen LogP contribution in [0.2, 0.25) is 0 Å². The lowest BCUT2D eigenvalue weighted by atomic mass is 9.74. The number of rotatable bonds is 5. The molecule has 2 saturated carbocycles. The minimum absolute atomic E-state index is 0.336. The van der Waals surface area contributed by atoms with Gasteiger partial charge in [-0.15, -0.1) is 0 Å². The van der Waals surface area contributed by atoms with Crippen LogP contribution in [0.25, 0.3) is 0 Å². The Morgan fingerprint density at radius 1 is 1.19 bits per heavy atom. The maximum absolute atomic E-state index is 4.23. The molecule has 0 spiro atoms. The number of hydrogen-bond donors (Lipinski definition) is 0. The molecule has 0 saturated heterocycles. The van der Waals surface area contributed by atoms with Gasteiger partial charge in [-0.1, -0.05) is 32.1 Å². The molecule has 3 rings (SSSR count). The van der Waals surface area contributed by atoms with Crippen molar-refractivity contribution >= 4 is 0 Å². The van der Waals surface area contributed by atoms with E-state index >= 15 is 0 Å². The van der Waals surface area contributed by atoms with Crippen molar-refractivity contribution < 1.29 is 0 Å². The molecular weight excluding hydrogens is 196 g/mol. The third-order valence-electron chi connectivity index (χ3n) is 4.51. The van der Waals surface area contributed by atoms with Gasteiger partial charge in [0, 0.05) is 17.9 Å². The second-order valence-corrected chi connectivity index (χ2v) is 6.12. The Morgan fingerprint density at radius 3 is 2.31 bits per heavy atom. The maximum Gasteiger partial charge on any atom is 0.0951 e. The van der Waals surface area contributed by atoms with E-state index in [0.29, 0.717) is 5.54 Å². The minimum Gasteiger partial charge on any atom is -0.332 e. The Labute approximate surface area is 98.1 Å². The molecule has 0 bridgehead atoms. The maximum atomic E-state index is 4.23. The second-order valence-electron chi connectivity index (χ2n) is 6.12. The number of imidazole rings is 1. The van der Waals surface area contributed by atoms with Crippen molar-refractivity contribution in [3.8, 4) is 0 Å². The zero-order chi connectivity index (χ0) is 11.0. The molecule has 0 aliphatic heterocycles. The normalized spacial score (nSPS) is 25.1. The Kier molecular flexibility index (Phi) is 2.53. The van der Waals surface area contributed by atoms with Gasteiger partial charge in [-0.3, -0.25) is 0 Å². The van der Waals surface area contributed by atoms with E-state index in [4.69, 9.17) is 0 Å². The van der Waals surface area contributed by atoms with Crippen LogP contribution >= 0.6 is 0 Å². The highest BCUT2D eigenvalue weighted by atomic mass is 15.1. The zero-order valence-corrected chi connectivity index (χ0v) is 10.2. The van der Waals surface area contributed by atoms with Gasteiger partial charge in [0.2, 0.25) is 0 Å². The van der Waals surface area contributed by atoms with Crippen LogP contribution in [-0.4, -0.2) is 9.55 Å². The fourth-order valence-corrected chi connectivity index (χ4v) is 3.14. The summed E-state index contributed by atoms with van der Waals surface area (Å²) in [5.41, 5.74) is 0.336. The minimum atomic E-state index is 0.336. The average molecular weight is 218 g/mol. The van der Waals surface area contributed by atoms with Crippen LogP contribution in [-0.2, 0) is 5.54 Å². The SMILES string of the molecule is CC(CC1CCC1)(CC1CC1)n1ccnc1. The summed E-state index contributed by atoms with van der Waals surface area (Å²) >= 11 is 0. The molecule has 1 atom stereocenters. The molecule has 0 N–H and O–H groups in total. The summed E-state index contributed by atoms with van der Waals surface area (Å²) in [7, 11) is 0. The predicted octanol–water partition coefficient (Wildman–Crippen LogP) is 3.59. The molecule has 0 amide bonds. The van der Waals surface area contributed by atoms with E-state index in [0.717, 1.165) is 11.8 Å². The van der Waals surface area contributed by atoms with Crippen LogP contribution in [0.1, 0.15) is 51.9 Å². The fraction of sp³-hybridized carbons (Fsp3) is 0.786. The molecule has 0 aromatic carbocycles. The molecule has 2 fully saturated rings. The first kappa shape index (κ1) is 10.4. The average Bonchev–Trinajstić information content (AvgIpc) is 2.84. The molecule has 1 heterocycles. The van der Waals surface area contributed by atoms with Crippen molar-refractivity contribution in [1.29, 1.82) is 0 Å². The summed E-state index contributed by atoms with van der Waals surface area (Å²) in [5.74, 6) is 1.97. The summed E-state index contributed by atoms with van der Waals surface area (Å²) in [5, 5.41) is 0. The lowest BCUT2D eigenvalue weighted by Crippen LogP contribution is -2.34. The quantitative estimate of drug-likeness (QED) is 0.738. The summed E-state index contributed by atoms with van der Waals surface area (Å²) in [4.78, 5) is 4.23. The second kappa shape index (κ2) is 3.90. The standard InChI is InChI=1S/C14H22N2/c1-14(10-13-5-6-13,9-12-3-2-4-12)16-8-7-15-11-16/h7-8,11-13H,2-6,9-10H2,1H3. The van der Waals surface area contributed by atoms with E-state index < -0.39 is 0 Å². The van der Waals surface area contributed by atoms with E-state index in [2.05, 4.69) is 22.7 Å². The lowest BCUT2D eigenvalue weighted by molar-refractivity contribution is 0.162. The van der Waals surface area contributed by atoms with Gasteiger partial charge in [0.1, 0.15) is 0 Å². The van der Waals surface area contributed by atoms with Gasteiger partial charge in [0.25, 0.3) is 0 Å². The third-order valence-corrected chi connectivity index (χ3v) is 4.51. The molecule has 2 aliphatic carbocycles. The summed E-state index contributed by atoms with van der Waals surface area (Å²) in [6.45, 7) is 2.44. The Bertz CT molecular complexity index is 336. The monoisotopic (exact) mass is 218 g/mol. The topological polar surface area (TPSA) is 17.8 Å². The first-order valence-electron chi connectivity index (χ1n) is 6.75. The van der Waals surface area contributed by atoms with Crippen LogP contribution < -0.4 is 0 Å². The highest BCUT2D eigenvalue weighted by Crippen LogP contribution is 2.45. The summed E-state index contributed by atoms with van der Waals surface area (Å²) in [6, 6.07) is 0. The van der Waals surface area contributed by atoms with E-state index in [1.165, 1.54) is 44.9 Å². The van der Waals surface area contributed by atoms with Crippen LogP contribution in [0.3, 0.4) is 0 Å². The zero-order valence-electron chi connectivity index (χ0n) is 10.2. The molecule has 1 aromatic rings. The van der Waals surface area contributed by atoms with Crippen molar-refractivity contribution in [2.75, 3.05) is 0 Å². The summed E-state index contributed by atoms with van der Waals surface area (Å²) < 4.78 is 2.36. The lowest BCUT2D eigenvalue weighted by Gasteiger charge is -2.38. The predicted molar refractivity (Wildman–Crippen MR) is 65.2 cm³/mol. The number of hydrogen-bond acceptors (Lipinski definition) is 1. The molecule has 2 heteroatoms. The molecular formula is C14H22N2. The Morgan fingerprint density at radius 2 is 1.88 bits per heavy atom. The number of aromatic nitrogens is 2. The summed E-state index contributed by atoms with van der Waals surface area (Å²) in [6.07, 6.45) is 16.1. The molecule has 2 aliphatic rings. The van der Waals surface area contributed by atoms with Gasteiger partial charge >= 0.3 is 0 Å². The first-order chi connectivity index (χ1) is 7.76. The van der Waals surface area contributed by atoms with Crippen LogP contribution in [0.4, 0.5) is 0 Å². The van der Waals surface area contributed by atoms with Gasteiger partial charge < -0.3 is 4.57 Å². The molecule has 16 heavy (non-hydrogen) atoms. The van der Waals surface area contributed by atoms with Crippen molar-refractivity contribution in [1.82, 2.24) is 9.55 Å². The van der Waals surface area contributed by atoms with Gasteiger partial charge in [-0.25, -0.2) is 4.98 Å². The van der Waals surface area contributed by atoms with Crippen molar-refractivity contribution in [2.24, 2.45) is 11.8 Å². The third kappa shape index (κ3) is 2.02. The Hall–Kier alpha value is -0.790. The van der Waals surface area contributed by atoms with E-state index in [1.54, 1.807) is 0 Å². The highest BCUT2D eigenvalue weighted by Gasteiger charge is 2.37. The van der Waals surface area contributed by atoms with Crippen LogP contribution in [0.5, 0.6) is 0 Å². The van der Waals surface area contributed by atoms with Gasteiger partial charge in [-0.2, -0.15) is 0 Å². The van der Waals surface area contributed by atoms with Gasteiger partial charge in [0.05, 0.1) is 6.33 Å². The van der Waals surface area contributed by atoms with E-state index in [-0.39, 0.29) is 0 Å². The molecule has 2 nitrogen and oxygen atoms in total. The number of nitrogens with zero attached hydrogens (tertiary/aromatic N) is 2. The van der Waals surface area contributed by atoms with Crippen LogP contribution in [0.15, 0.2) is 18.7 Å². The largest absolute Gasteiger partial charge is 0.332 e. The molecule has 1 unspecified atom stereocenters. The molecule has 0 radical (unpaired) electrons. The van der Waals surface area contributed by atoms with Gasteiger partial charge in [0.15, 0.2) is 0 Å². The Balaban J connectivity index is 1.74. The van der Waals surface area contributed by atoms with Crippen molar-refractivity contribution in [3.63, 3.8) is 0 Å². The van der Waals surface area contributed by atoms with E-state index in [9.17, 15) is 0 Å². The fourth-order valence-electron chi connectivity index (χ4n) is 3.14. The molecule has 88 valence electrons. The van der Waals surface area contributed by atoms with Crippen LogP contribution in [0, 0.1) is 11.8 Å². The van der Waals surface area contributed by atoms with Crippen molar-refractivity contribution in [3.05, 3.63) is 18.7 Å². The van der Waals surface area contributed by atoms with E-state index in [1.807, 2.05) is 12.5 Å². The smallest absolute Gasteiger partial charge is 0.0951 e. The van der Waals surface area contributed by atoms with Gasteiger partial charge in [-0.05, 0) is 31.6 Å². The first-order valence-corrected chi connectivity index (χ1v) is 6.75. The molecule has 1 aromatic heterocycles.